The summed E-state index contributed by atoms with van der Waals surface area (Å²) in [4.78, 5) is 21.1. The average Bonchev–Trinajstić information content (AvgIpc) is 2.92. The molecule has 8 nitrogen and oxygen atoms in total. The number of aromatic nitrogens is 2. The summed E-state index contributed by atoms with van der Waals surface area (Å²) in [7, 11) is 0. The highest BCUT2D eigenvalue weighted by Gasteiger charge is 2.34. The average molecular weight is 566 g/mol. The van der Waals surface area contributed by atoms with Crippen molar-refractivity contribution in [2.45, 2.75) is 38.0 Å². The Bertz CT molecular complexity index is 1330. The number of alkyl halides is 3. The van der Waals surface area contributed by atoms with Crippen LogP contribution in [0.25, 0.3) is 11.1 Å². The second-order valence-electron chi connectivity index (χ2n) is 9.18. The molecular formula is C27H27ClF3N3O5. The van der Waals surface area contributed by atoms with E-state index >= 15 is 0 Å². The highest BCUT2D eigenvalue weighted by atomic mass is 35.5. The number of carbonyl (C=O) groups is 1. The van der Waals surface area contributed by atoms with E-state index in [1.165, 1.54) is 0 Å². The fourth-order valence-corrected chi connectivity index (χ4v) is 4.39. The van der Waals surface area contributed by atoms with E-state index < -0.39 is 41.1 Å². The second kappa shape index (κ2) is 12.3. The molecule has 0 unspecified atom stereocenters. The highest BCUT2D eigenvalue weighted by molar-refractivity contribution is 6.31. The van der Waals surface area contributed by atoms with E-state index in [2.05, 4.69) is 15.3 Å². The Hall–Kier alpha value is -3.25. The number of nitrogens with zero attached hydrogens (tertiary/aromatic N) is 2. The number of hydrogen-bond acceptors (Lipinski definition) is 7. The van der Waals surface area contributed by atoms with Gasteiger partial charge >= 0.3 is 6.18 Å². The molecule has 1 saturated heterocycles. The lowest BCUT2D eigenvalue weighted by Crippen LogP contribution is -2.22. The maximum absolute atomic E-state index is 13.2. The molecule has 1 aromatic carbocycles. The Morgan fingerprint density at radius 3 is 2.67 bits per heavy atom. The van der Waals surface area contributed by atoms with Gasteiger partial charge in [0.15, 0.2) is 0 Å². The zero-order valence-electron chi connectivity index (χ0n) is 21.0. The summed E-state index contributed by atoms with van der Waals surface area (Å²) in [5.74, 6) is -0.433. The van der Waals surface area contributed by atoms with Crippen LogP contribution < -0.4 is 10.1 Å². The predicted octanol–water partition coefficient (Wildman–Crippen LogP) is 5.00. The number of halogens is 4. The molecule has 0 bridgehead atoms. The minimum absolute atomic E-state index is 0.130. The number of aliphatic hydroxyl groups is 2. The zero-order valence-corrected chi connectivity index (χ0v) is 21.7. The summed E-state index contributed by atoms with van der Waals surface area (Å²) in [5.41, 5.74) is 1.87. The first-order valence-electron chi connectivity index (χ1n) is 12.2. The van der Waals surface area contributed by atoms with Crippen LogP contribution in [0.3, 0.4) is 0 Å². The Balaban J connectivity index is 1.65. The van der Waals surface area contributed by atoms with Crippen molar-refractivity contribution >= 4 is 23.2 Å². The van der Waals surface area contributed by atoms with Crippen molar-refractivity contribution in [3.63, 3.8) is 0 Å². The van der Waals surface area contributed by atoms with Gasteiger partial charge in [-0.1, -0.05) is 17.7 Å². The molecule has 0 saturated carbocycles. The standard InChI is InChI=1S/C27H27ClF3N3O5/c1-15-2-3-18(33-26(37)24-11-21(27(29,30)31)22(28)12-32-24)10-20(15)17-8-23(16-4-6-38-7-5-16)34-25(9-17)39-14-19(36)13-35/h2-3,8-12,16,19,35-36H,4-7,13-14H2,1H3,(H,33,37)/t19-/m1/s1. The number of carbonyl (C=O) groups excluding carboxylic acids is 1. The fraction of sp³-hybridized carbons (Fsp3) is 0.370. The van der Waals surface area contributed by atoms with Gasteiger partial charge in [-0.25, -0.2) is 9.97 Å². The number of aliphatic hydroxyl groups excluding tert-OH is 2. The van der Waals surface area contributed by atoms with Crippen LogP contribution in [0.5, 0.6) is 5.88 Å². The Morgan fingerprint density at radius 2 is 1.97 bits per heavy atom. The van der Waals surface area contributed by atoms with E-state index in [9.17, 15) is 23.1 Å². The van der Waals surface area contributed by atoms with E-state index in [4.69, 9.17) is 26.2 Å². The molecule has 3 N–H and O–H groups in total. The molecular weight excluding hydrogens is 539 g/mol. The van der Waals surface area contributed by atoms with Crippen LogP contribution in [-0.4, -0.2) is 58.6 Å². The number of nitrogens with one attached hydrogen (secondary N) is 1. The molecule has 1 aliphatic rings. The first-order valence-corrected chi connectivity index (χ1v) is 12.6. The van der Waals surface area contributed by atoms with Crippen molar-refractivity contribution in [2.75, 3.05) is 31.7 Å². The predicted molar refractivity (Wildman–Crippen MR) is 138 cm³/mol. The molecule has 3 aromatic rings. The minimum Gasteiger partial charge on any atom is -0.475 e. The third kappa shape index (κ3) is 7.24. The molecule has 1 fully saturated rings. The summed E-state index contributed by atoms with van der Waals surface area (Å²) in [6.07, 6.45) is -3.45. The topological polar surface area (TPSA) is 114 Å². The number of pyridine rings is 2. The Morgan fingerprint density at radius 1 is 1.23 bits per heavy atom. The van der Waals surface area contributed by atoms with E-state index in [1.54, 1.807) is 24.3 Å². The molecule has 2 aromatic heterocycles. The van der Waals surface area contributed by atoms with Crippen molar-refractivity contribution in [1.29, 1.82) is 0 Å². The largest absolute Gasteiger partial charge is 0.475 e. The molecule has 12 heteroatoms. The number of hydrogen-bond donors (Lipinski definition) is 3. The van der Waals surface area contributed by atoms with Gasteiger partial charge in [0, 0.05) is 42.8 Å². The molecule has 208 valence electrons. The molecule has 0 radical (unpaired) electrons. The summed E-state index contributed by atoms with van der Waals surface area (Å²) in [6, 6.07) is 9.33. The van der Waals surface area contributed by atoms with Gasteiger partial charge in [0.05, 0.1) is 17.2 Å². The lowest BCUT2D eigenvalue weighted by molar-refractivity contribution is -0.137. The lowest BCUT2D eigenvalue weighted by Gasteiger charge is -2.23. The van der Waals surface area contributed by atoms with Crippen molar-refractivity contribution in [3.8, 4) is 17.0 Å². The highest BCUT2D eigenvalue weighted by Crippen LogP contribution is 2.36. The van der Waals surface area contributed by atoms with Crippen molar-refractivity contribution in [2.24, 2.45) is 0 Å². The molecule has 4 rings (SSSR count). The molecule has 1 amide bonds. The SMILES string of the molecule is Cc1ccc(NC(=O)c2cc(C(F)(F)F)c(Cl)cn2)cc1-c1cc(OC[C@H](O)CO)nc(C2CCOCC2)c1. The Labute approximate surface area is 227 Å². The molecule has 3 heterocycles. The van der Waals surface area contributed by atoms with Crippen molar-refractivity contribution in [3.05, 3.63) is 70.1 Å². The second-order valence-corrected chi connectivity index (χ2v) is 9.59. The monoisotopic (exact) mass is 565 g/mol. The third-order valence-electron chi connectivity index (χ3n) is 6.30. The van der Waals surface area contributed by atoms with Gasteiger partial charge < -0.3 is 25.0 Å². The zero-order chi connectivity index (χ0) is 28.2. The van der Waals surface area contributed by atoms with Crippen LogP contribution >= 0.6 is 11.6 Å². The van der Waals surface area contributed by atoms with Gasteiger partial charge in [0.25, 0.3) is 5.91 Å². The van der Waals surface area contributed by atoms with Gasteiger partial charge in [-0.15, -0.1) is 0 Å². The van der Waals surface area contributed by atoms with Gasteiger partial charge in [-0.05, 0) is 60.7 Å². The van der Waals surface area contributed by atoms with E-state index in [1.807, 2.05) is 13.0 Å². The van der Waals surface area contributed by atoms with Gasteiger partial charge in [-0.2, -0.15) is 13.2 Å². The minimum atomic E-state index is -4.73. The van der Waals surface area contributed by atoms with Crippen LogP contribution in [0.1, 0.15) is 46.1 Å². The van der Waals surface area contributed by atoms with Gasteiger partial charge in [-0.3, -0.25) is 4.79 Å². The van der Waals surface area contributed by atoms with Crippen LogP contribution in [0.4, 0.5) is 18.9 Å². The number of ether oxygens (including phenoxy) is 2. The molecule has 0 aliphatic carbocycles. The number of rotatable bonds is 8. The quantitative estimate of drug-likeness (QED) is 0.352. The Kier molecular flexibility index (Phi) is 9.06. The van der Waals surface area contributed by atoms with Crippen molar-refractivity contribution < 1.29 is 37.7 Å². The molecule has 1 aliphatic heterocycles. The van der Waals surface area contributed by atoms with Crippen LogP contribution in [0, 0.1) is 6.92 Å². The van der Waals surface area contributed by atoms with Gasteiger partial charge in [0.1, 0.15) is 18.4 Å². The molecule has 39 heavy (non-hydrogen) atoms. The fourth-order valence-electron chi connectivity index (χ4n) is 4.18. The molecule has 1 atom stereocenters. The van der Waals surface area contributed by atoms with Crippen LogP contribution in [0.2, 0.25) is 5.02 Å². The summed E-state index contributed by atoms with van der Waals surface area (Å²) in [5, 5.41) is 20.9. The van der Waals surface area contributed by atoms with Crippen LogP contribution in [-0.2, 0) is 10.9 Å². The maximum Gasteiger partial charge on any atom is 0.417 e. The summed E-state index contributed by atoms with van der Waals surface area (Å²) in [6.45, 7) is 2.47. The van der Waals surface area contributed by atoms with Gasteiger partial charge in [0.2, 0.25) is 5.88 Å². The third-order valence-corrected chi connectivity index (χ3v) is 6.60. The van der Waals surface area contributed by atoms with Crippen molar-refractivity contribution in [1.82, 2.24) is 9.97 Å². The lowest BCUT2D eigenvalue weighted by atomic mass is 9.92. The van der Waals surface area contributed by atoms with E-state index in [0.717, 1.165) is 41.4 Å². The smallest absolute Gasteiger partial charge is 0.417 e. The van der Waals surface area contributed by atoms with Crippen LogP contribution in [0.15, 0.2) is 42.6 Å². The first-order chi connectivity index (χ1) is 18.5. The summed E-state index contributed by atoms with van der Waals surface area (Å²) < 4.78 is 50.8. The first kappa shape index (κ1) is 28.8. The number of benzene rings is 1. The maximum atomic E-state index is 13.2. The molecule has 0 spiro atoms. The van der Waals surface area contributed by atoms with E-state index in [0.29, 0.717) is 25.0 Å². The number of amides is 1. The summed E-state index contributed by atoms with van der Waals surface area (Å²) >= 11 is 5.62. The number of anilines is 1. The van der Waals surface area contributed by atoms with E-state index in [-0.39, 0.29) is 18.4 Å². The normalized spacial score (nSPS) is 15.2. The number of aryl methyl sites for hydroxylation is 1.